The minimum absolute atomic E-state index is 0.00641. The number of hydrogen-bond acceptors (Lipinski definition) is 2. The molecule has 0 aliphatic carbocycles. The van der Waals surface area contributed by atoms with E-state index >= 15 is 0 Å². The third-order valence-electron chi connectivity index (χ3n) is 4.69. The van der Waals surface area contributed by atoms with Crippen LogP contribution >= 0.6 is 11.6 Å². The number of amides is 1. The predicted octanol–water partition coefficient (Wildman–Crippen LogP) is 4.02. The summed E-state index contributed by atoms with van der Waals surface area (Å²) in [6.07, 6.45) is 3.56. The van der Waals surface area contributed by atoms with Crippen molar-refractivity contribution >= 4 is 28.5 Å². The molecule has 5 nitrogen and oxygen atoms in total. The summed E-state index contributed by atoms with van der Waals surface area (Å²) in [7, 11) is 0. The number of hydrogen-bond donors (Lipinski definition) is 1. The average Bonchev–Trinajstić information content (AvgIpc) is 3.31. The summed E-state index contributed by atoms with van der Waals surface area (Å²) < 4.78 is 2.22. The molecule has 4 rings (SSSR count). The maximum absolute atomic E-state index is 12.9. The van der Waals surface area contributed by atoms with Gasteiger partial charge in [-0.15, -0.1) is 0 Å². The molecule has 0 saturated carbocycles. The highest BCUT2D eigenvalue weighted by molar-refractivity contribution is 6.30. The van der Waals surface area contributed by atoms with Crippen LogP contribution in [-0.4, -0.2) is 31.9 Å². The number of benzene rings is 1. The molecule has 124 valence electrons. The smallest absolute Gasteiger partial charge is 0.270 e. The number of H-pyrrole nitrogens is 1. The van der Waals surface area contributed by atoms with E-state index in [1.54, 1.807) is 12.3 Å². The number of imidazole rings is 1. The minimum atomic E-state index is -0.0147. The summed E-state index contributed by atoms with van der Waals surface area (Å²) in [5.74, 6) is 0.960. The predicted molar refractivity (Wildman–Crippen MR) is 94.2 cm³/mol. The molecule has 1 unspecified atom stereocenters. The van der Waals surface area contributed by atoms with E-state index in [0.717, 1.165) is 42.8 Å². The summed E-state index contributed by atoms with van der Waals surface area (Å²) >= 11 is 5.95. The highest BCUT2D eigenvalue weighted by Crippen LogP contribution is 2.34. The number of aromatic nitrogens is 3. The van der Waals surface area contributed by atoms with Gasteiger partial charge in [-0.1, -0.05) is 23.7 Å². The monoisotopic (exact) mass is 342 g/mol. The zero-order valence-corrected chi connectivity index (χ0v) is 14.3. The van der Waals surface area contributed by atoms with E-state index in [1.807, 2.05) is 23.1 Å². The first kappa shape index (κ1) is 15.3. The third-order valence-corrected chi connectivity index (χ3v) is 4.91. The van der Waals surface area contributed by atoms with Gasteiger partial charge in [0, 0.05) is 19.3 Å². The van der Waals surface area contributed by atoms with Crippen LogP contribution in [0, 0.1) is 0 Å². The molecule has 1 atom stereocenters. The number of aryl methyl sites for hydroxylation is 1. The second kappa shape index (κ2) is 5.98. The minimum Gasteiger partial charge on any atom is -0.356 e. The van der Waals surface area contributed by atoms with Crippen LogP contribution in [0.1, 0.15) is 42.1 Å². The number of rotatable bonds is 3. The zero-order valence-electron chi connectivity index (χ0n) is 13.5. The van der Waals surface area contributed by atoms with Crippen LogP contribution in [0.5, 0.6) is 0 Å². The average molecular weight is 343 g/mol. The van der Waals surface area contributed by atoms with Crippen LogP contribution in [0.3, 0.4) is 0 Å². The highest BCUT2D eigenvalue weighted by atomic mass is 35.5. The van der Waals surface area contributed by atoms with Crippen LogP contribution in [-0.2, 0) is 6.54 Å². The molecule has 6 heteroatoms. The van der Waals surface area contributed by atoms with E-state index in [2.05, 4.69) is 22.5 Å². The Hall–Kier alpha value is -2.27. The number of likely N-dealkylation sites (tertiary alicyclic amines) is 1. The Morgan fingerprint density at radius 3 is 3.00 bits per heavy atom. The maximum atomic E-state index is 12.9. The molecule has 3 aromatic rings. The van der Waals surface area contributed by atoms with E-state index in [9.17, 15) is 4.79 Å². The van der Waals surface area contributed by atoms with Gasteiger partial charge >= 0.3 is 0 Å². The first-order valence-electron chi connectivity index (χ1n) is 8.29. The third kappa shape index (κ3) is 2.40. The number of nitrogens with zero attached hydrogens (tertiary/aromatic N) is 3. The molecule has 1 aliphatic heterocycles. The summed E-state index contributed by atoms with van der Waals surface area (Å²) in [6.45, 7) is 3.69. The molecular formula is C18H19ClN4O. The van der Waals surface area contributed by atoms with Gasteiger partial charge in [-0.25, -0.2) is 4.98 Å². The van der Waals surface area contributed by atoms with Gasteiger partial charge < -0.3 is 14.5 Å². The van der Waals surface area contributed by atoms with Gasteiger partial charge in [0.05, 0.1) is 22.1 Å². The van der Waals surface area contributed by atoms with Crippen molar-refractivity contribution < 1.29 is 4.79 Å². The fraction of sp³-hybridized carbons (Fsp3) is 0.333. The molecule has 1 N–H and O–H groups in total. The first-order valence-corrected chi connectivity index (χ1v) is 8.67. The van der Waals surface area contributed by atoms with Crippen molar-refractivity contribution in [3.8, 4) is 0 Å². The van der Waals surface area contributed by atoms with Crippen molar-refractivity contribution in [2.75, 3.05) is 6.54 Å². The van der Waals surface area contributed by atoms with Gasteiger partial charge in [-0.05, 0) is 38.0 Å². The molecule has 1 fully saturated rings. The molecule has 3 heterocycles. The maximum Gasteiger partial charge on any atom is 0.270 e. The Kier molecular flexibility index (Phi) is 3.81. The number of para-hydroxylation sites is 2. The lowest BCUT2D eigenvalue weighted by Gasteiger charge is -2.24. The van der Waals surface area contributed by atoms with Crippen LogP contribution in [0.25, 0.3) is 11.0 Å². The van der Waals surface area contributed by atoms with Crippen molar-refractivity contribution in [2.45, 2.75) is 32.4 Å². The highest BCUT2D eigenvalue weighted by Gasteiger charge is 2.34. The number of nitrogens with one attached hydrogen (secondary N) is 1. The van der Waals surface area contributed by atoms with E-state index in [1.165, 1.54) is 0 Å². The molecule has 2 aromatic heterocycles. The zero-order chi connectivity index (χ0) is 16.7. The van der Waals surface area contributed by atoms with Gasteiger partial charge in [-0.2, -0.15) is 0 Å². The number of fused-ring (bicyclic) bond motifs is 1. The van der Waals surface area contributed by atoms with E-state index < -0.39 is 0 Å². The summed E-state index contributed by atoms with van der Waals surface area (Å²) in [5, 5.41) is 0.551. The Labute approximate surface area is 145 Å². The number of carbonyl (C=O) groups is 1. The molecule has 1 aromatic carbocycles. The SMILES string of the molecule is CCn1c(C2CCCN2C(=O)c2cc(Cl)c[nH]2)nc2ccccc21. The van der Waals surface area contributed by atoms with E-state index in [-0.39, 0.29) is 11.9 Å². The molecule has 0 bridgehead atoms. The van der Waals surface area contributed by atoms with Crippen molar-refractivity contribution in [1.29, 1.82) is 0 Å². The molecule has 0 spiro atoms. The van der Waals surface area contributed by atoms with Crippen molar-refractivity contribution in [1.82, 2.24) is 19.4 Å². The Bertz CT molecular complexity index is 897. The van der Waals surface area contributed by atoms with E-state index in [0.29, 0.717) is 10.7 Å². The summed E-state index contributed by atoms with van der Waals surface area (Å²) in [4.78, 5) is 22.6. The summed E-state index contributed by atoms with van der Waals surface area (Å²) in [6, 6.07) is 9.82. The number of carbonyl (C=O) groups excluding carboxylic acids is 1. The van der Waals surface area contributed by atoms with Gasteiger partial charge in [0.1, 0.15) is 11.5 Å². The number of halogens is 1. The van der Waals surface area contributed by atoms with Crippen LogP contribution in [0.15, 0.2) is 36.5 Å². The Morgan fingerprint density at radius 1 is 1.42 bits per heavy atom. The Morgan fingerprint density at radius 2 is 2.25 bits per heavy atom. The molecule has 24 heavy (non-hydrogen) atoms. The Balaban J connectivity index is 1.74. The number of aromatic amines is 1. The van der Waals surface area contributed by atoms with Gasteiger partial charge in [0.15, 0.2) is 0 Å². The normalized spacial score (nSPS) is 17.8. The molecule has 1 aliphatic rings. The quantitative estimate of drug-likeness (QED) is 0.781. The second-order valence-electron chi connectivity index (χ2n) is 6.09. The first-order chi connectivity index (χ1) is 11.7. The molecule has 0 radical (unpaired) electrons. The van der Waals surface area contributed by atoms with E-state index in [4.69, 9.17) is 16.6 Å². The van der Waals surface area contributed by atoms with Gasteiger partial charge in [0.25, 0.3) is 5.91 Å². The largest absolute Gasteiger partial charge is 0.356 e. The lowest BCUT2D eigenvalue weighted by molar-refractivity contribution is 0.0722. The fourth-order valence-corrected chi connectivity index (χ4v) is 3.77. The van der Waals surface area contributed by atoms with Gasteiger partial charge in [0.2, 0.25) is 0 Å². The molecule has 1 saturated heterocycles. The van der Waals surface area contributed by atoms with Crippen molar-refractivity contribution in [2.24, 2.45) is 0 Å². The second-order valence-corrected chi connectivity index (χ2v) is 6.53. The van der Waals surface area contributed by atoms with Gasteiger partial charge in [-0.3, -0.25) is 4.79 Å². The standard InChI is InChI=1S/C18H19ClN4O/c1-2-22-15-7-4-3-6-13(15)21-17(22)16-8-5-9-23(16)18(24)14-10-12(19)11-20-14/h3-4,6-7,10-11,16,20H,2,5,8-9H2,1H3. The van der Waals surface area contributed by atoms with Crippen molar-refractivity contribution in [3.63, 3.8) is 0 Å². The molecular weight excluding hydrogens is 324 g/mol. The molecule has 1 amide bonds. The fourth-order valence-electron chi connectivity index (χ4n) is 3.61. The lowest BCUT2D eigenvalue weighted by Crippen LogP contribution is -2.32. The van der Waals surface area contributed by atoms with Crippen LogP contribution in [0.2, 0.25) is 5.02 Å². The summed E-state index contributed by atoms with van der Waals surface area (Å²) in [5.41, 5.74) is 2.64. The van der Waals surface area contributed by atoms with Crippen LogP contribution in [0.4, 0.5) is 0 Å². The topological polar surface area (TPSA) is 53.9 Å². The van der Waals surface area contributed by atoms with Crippen LogP contribution < -0.4 is 0 Å². The lowest BCUT2D eigenvalue weighted by atomic mass is 10.2. The van der Waals surface area contributed by atoms with Crippen molar-refractivity contribution in [3.05, 3.63) is 53.1 Å².